The van der Waals surface area contributed by atoms with Gasteiger partial charge in [-0.1, -0.05) is 12.1 Å². The summed E-state index contributed by atoms with van der Waals surface area (Å²) in [7, 11) is 1.61. The molecule has 0 saturated carbocycles. The third kappa shape index (κ3) is 4.49. The first-order valence-corrected chi connectivity index (χ1v) is 10.6. The standard InChI is InChI=1S/C24H29N3O3/c1-17-5-6-18(15-26-11-3-4-12-26)13-22(17)25-24(29)19-14-23(28)27(16-19)20-7-9-21(30-2)10-8-20/h5-10,13,19H,3-4,11-12,14-16H2,1-2H3,(H,25,29). The van der Waals surface area contributed by atoms with Crippen molar-refractivity contribution in [3.05, 3.63) is 53.6 Å². The van der Waals surface area contributed by atoms with E-state index in [1.165, 1.54) is 18.4 Å². The average Bonchev–Trinajstić information content (AvgIpc) is 3.40. The topological polar surface area (TPSA) is 61.9 Å². The van der Waals surface area contributed by atoms with E-state index in [1.54, 1.807) is 12.0 Å². The van der Waals surface area contributed by atoms with Crippen molar-refractivity contribution in [3.8, 4) is 5.75 Å². The van der Waals surface area contributed by atoms with Crippen molar-refractivity contribution >= 4 is 23.2 Å². The minimum atomic E-state index is -0.360. The lowest BCUT2D eigenvalue weighted by Gasteiger charge is -2.18. The predicted molar refractivity (Wildman–Crippen MR) is 118 cm³/mol. The van der Waals surface area contributed by atoms with Crippen molar-refractivity contribution in [2.24, 2.45) is 5.92 Å². The van der Waals surface area contributed by atoms with Crippen LogP contribution in [0.5, 0.6) is 5.75 Å². The second-order valence-corrected chi connectivity index (χ2v) is 8.23. The molecule has 0 bridgehead atoms. The van der Waals surface area contributed by atoms with Crippen LogP contribution in [0, 0.1) is 12.8 Å². The number of aryl methyl sites for hydroxylation is 1. The van der Waals surface area contributed by atoms with Gasteiger partial charge >= 0.3 is 0 Å². The van der Waals surface area contributed by atoms with E-state index in [0.29, 0.717) is 6.54 Å². The maximum absolute atomic E-state index is 12.9. The molecule has 2 fully saturated rings. The molecule has 2 amide bonds. The molecule has 2 aromatic carbocycles. The summed E-state index contributed by atoms with van der Waals surface area (Å²) < 4.78 is 5.18. The van der Waals surface area contributed by atoms with Gasteiger partial charge in [-0.25, -0.2) is 0 Å². The number of anilines is 2. The Morgan fingerprint density at radius 1 is 1.13 bits per heavy atom. The van der Waals surface area contributed by atoms with Gasteiger partial charge < -0.3 is 15.0 Å². The van der Waals surface area contributed by atoms with Crippen molar-refractivity contribution in [2.45, 2.75) is 32.7 Å². The van der Waals surface area contributed by atoms with Crippen molar-refractivity contribution in [2.75, 3.05) is 37.0 Å². The third-order valence-electron chi connectivity index (χ3n) is 6.04. The molecule has 2 aliphatic heterocycles. The Kier molecular flexibility index (Phi) is 6.04. The Bertz CT molecular complexity index is 920. The van der Waals surface area contributed by atoms with Crippen LogP contribution in [0.3, 0.4) is 0 Å². The Morgan fingerprint density at radius 3 is 2.57 bits per heavy atom. The fourth-order valence-electron chi connectivity index (χ4n) is 4.23. The van der Waals surface area contributed by atoms with Gasteiger partial charge in [-0.05, 0) is 74.3 Å². The largest absolute Gasteiger partial charge is 0.497 e. The van der Waals surface area contributed by atoms with Crippen LogP contribution >= 0.6 is 0 Å². The maximum Gasteiger partial charge on any atom is 0.229 e. The Hall–Kier alpha value is -2.86. The SMILES string of the molecule is COc1ccc(N2CC(C(=O)Nc3cc(CN4CCCC4)ccc3C)CC2=O)cc1. The number of carbonyl (C=O) groups excluding carboxylic acids is 2. The van der Waals surface area contributed by atoms with Gasteiger partial charge in [0.2, 0.25) is 11.8 Å². The molecule has 2 saturated heterocycles. The Morgan fingerprint density at radius 2 is 1.87 bits per heavy atom. The summed E-state index contributed by atoms with van der Waals surface area (Å²) in [5.74, 6) is 0.255. The Labute approximate surface area is 177 Å². The summed E-state index contributed by atoms with van der Waals surface area (Å²) >= 11 is 0. The molecule has 6 heteroatoms. The molecule has 4 rings (SSSR count). The number of hydrogen-bond donors (Lipinski definition) is 1. The third-order valence-corrected chi connectivity index (χ3v) is 6.04. The second-order valence-electron chi connectivity index (χ2n) is 8.23. The molecule has 1 unspecified atom stereocenters. The van der Waals surface area contributed by atoms with Crippen LogP contribution in [0.4, 0.5) is 11.4 Å². The highest BCUT2D eigenvalue weighted by molar-refractivity contribution is 6.03. The number of nitrogens with zero attached hydrogens (tertiary/aromatic N) is 2. The molecule has 0 aromatic heterocycles. The summed E-state index contributed by atoms with van der Waals surface area (Å²) in [5, 5.41) is 3.07. The number of amides is 2. The lowest BCUT2D eigenvalue weighted by Crippen LogP contribution is -2.28. The van der Waals surface area contributed by atoms with E-state index in [4.69, 9.17) is 4.74 Å². The van der Waals surface area contributed by atoms with Gasteiger partial charge in [0.1, 0.15) is 5.75 Å². The van der Waals surface area contributed by atoms with Crippen LogP contribution in [0.15, 0.2) is 42.5 Å². The van der Waals surface area contributed by atoms with Crippen LogP contribution < -0.4 is 15.0 Å². The number of hydrogen-bond acceptors (Lipinski definition) is 4. The molecule has 30 heavy (non-hydrogen) atoms. The monoisotopic (exact) mass is 407 g/mol. The summed E-state index contributed by atoms with van der Waals surface area (Å²) in [6.45, 7) is 5.58. The highest BCUT2D eigenvalue weighted by Crippen LogP contribution is 2.28. The molecule has 2 aliphatic rings. The highest BCUT2D eigenvalue weighted by Gasteiger charge is 2.35. The van der Waals surface area contributed by atoms with Gasteiger partial charge in [-0.15, -0.1) is 0 Å². The molecule has 0 spiro atoms. The van der Waals surface area contributed by atoms with Gasteiger partial charge in [0.15, 0.2) is 0 Å². The van der Waals surface area contributed by atoms with Crippen LogP contribution in [0.1, 0.15) is 30.4 Å². The average molecular weight is 408 g/mol. The van der Waals surface area contributed by atoms with Crippen molar-refractivity contribution in [1.29, 1.82) is 0 Å². The smallest absolute Gasteiger partial charge is 0.229 e. The molecule has 1 N–H and O–H groups in total. The summed E-state index contributed by atoms with van der Waals surface area (Å²) in [6, 6.07) is 13.6. The second kappa shape index (κ2) is 8.88. The van der Waals surface area contributed by atoms with Gasteiger partial charge in [0.05, 0.1) is 13.0 Å². The number of methoxy groups -OCH3 is 1. The zero-order valence-corrected chi connectivity index (χ0v) is 17.7. The first kappa shape index (κ1) is 20.4. The van der Waals surface area contributed by atoms with E-state index in [0.717, 1.165) is 42.3 Å². The van der Waals surface area contributed by atoms with E-state index in [2.05, 4.69) is 28.4 Å². The quantitative estimate of drug-likeness (QED) is 0.795. The van der Waals surface area contributed by atoms with Gasteiger partial charge in [-0.2, -0.15) is 0 Å². The molecule has 0 radical (unpaired) electrons. The maximum atomic E-state index is 12.9. The molecular weight excluding hydrogens is 378 g/mol. The van der Waals surface area contributed by atoms with E-state index < -0.39 is 0 Å². The van der Waals surface area contributed by atoms with E-state index >= 15 is 0 Å². The van der Waals surface area contributed by atoms with E-state index in [9.17, 15) is 9.59 Å². The lowest BCUT2D eigenvalue weighted by molar-refractivity contribution is -0.122. The fraction of sp³-hybridized carbons (Fsp3) is 0.417. The van der Waals surface area contributed by atoms with Gasteiger partial charge in [0, 0.05) is 30.9 Å². The summed E-state index contributed by atoms with van der Waals surface area (Å²) in [5.41, 5.74) is 3.87. The first-order valence-electron chi connectivity index (χ1n) is 10.6. The minimum absolute atomic E-state index is 0.0279. The normalized spacial score (nSPS) is 19.3. The van der Waals surface area contributed by atoms with E-state index in [-0.39, 0.29) is 24.2 Å². The lowest BCUT2D eigenvalue weighted by atomic mass is 10.1. The first-order chi connectivity index (χ1) is 14.5. The minimum Gasteiger partial charge on any atom is -0.497 e. The zero-order valence-electron chi connectivity index (χ0n) is 17.7. The van der Waals surface area contributed by atoms with Crippen LogP contribution in [0.2, 0.25) is 0 Å². The van der Waals surface area contributed by atoms with Crippen molar-refractivity contribution in [3.63, 3.8) is 0 Å². The van der Waals surface area contributed by atoms with Gasteiger partial charge in [0.25, 0.3) is 0 Å². The molecule has 0 aliphatic carbocycles. The van der Waals surface area contributed by atoms with Crippen LogP contribution in [-0.4, -0.2) is 43.5 Å². The van der Waals surface area contributed by atoms with Crippen molar-refractivity contribution < 1.29 is 14.3 Å². The van der Waals surface area contributed by atoms with Gasteiger partial charge in [-0.3, -0.25) is 14.5 Å². The van der Waals surface area contributed by atoms with Crippen molar-refractivity contribution in [1.82, 2.24) is 4.90 Å². The molecule has 6 nitrogen and oxygen atoms in total. The summed E-state index contributed by atoms with van der Waals surface area (Å²) in [4.78, 5) is 29.6. The number of carbonyl (C=O) groups is 2. The fourth-order valence-corrected chi connectivity index (χ4v) is 4.23. The molecule has 158 valence electrons. The molecule has 1 atom stereocenters. The predicted octanol–water partition coefficient (Wildman–Crippen LogP) is 3.59. The number of nitrogens with one attached hydrogen (secondary N) is 1. The molecular formula is C24H29N3O3. The number of likely N-dealkylation sites (tertiary alicyclic amines) is 1. The number of benzene rings is 2. The van der Waals surface area contributed by atoms with Crippen LogP contribution in [-0.2, 0) is 16.1 Å². The van der Waals surface area contributed by atoms with E-state index in [1.807, 2.05) is 31.2 Å². The summed E-state index contributed by atoms with van der Waals surface area (Å²) in [6.07, 6.45) is 2.75. The zero-order chi connectivity index (χ0) is 21.1. The highest BCUT2D eigenvalue weighted by atomic mass is 16.5. The molecule has 2 heterocycles. The number of rotatable bonds is 6. The number of ether oxygens (including phenoxy) is 1. The van der Waals surface area contributed by atoms with Crippen LogP contribution in [0.25, 0.3) is 0 Å². The Balaban J connectivity index is 1.41. The molecule has 2 aromatic rings.